The maximum Gasteiger partial charge on any atom is 0.161 e. The fourth-order valence-corrected chi connectivity index (χ4v) is 2.57. The molecular formula is C14H16BrNO2. The van der Waals surface area contributed by atoms with Crippen molar-refractivity contribution in [1.29, 1.82) is 0 Å². The topological polar surface area (TPSA) is 29.5 Å². The van der Waals surface area contributed by atoms with Crippen LogP contribution in [0.3, 0.4) is 0 Å². The number of halogens is 1. The van der Waals surface area contributed by atoms with Crippen molar-refractivity contribution in [2.24, 2.45) is 0 Å². The summed E-state index contributed by atoms with van der Waals surface area (Å²) in [5.74, 6) is 1.05. The zero-order valence-corrected chi connectivity index (χ0v) is 12.2. The number of hydrogen-bond acceptors (Lipinski definition) is 3. The van der Waals surface area contributed by atoms with Crippen LogP contribution in [-0.4, -0.2) is 37.9 Å². The number of benzene rings is 1. The van der Waals surface area contributed by atoms with E-state index in [0.29, 0.717) is 6.42 Å². The summed E-state index contributed by atoms with van der Waals surface area (Å²) in [6.45, 7) is 1.57. The van der Waals surface area contributed by atoms with Crippen molar-refractivity contribution >= 4 is 27.8 Å². The second kappa shape index (κ2) is 5.67. The third kappa shape index (κ3) is 3.00. The van der Waals surface area contributed by atoms with Gasteiger partial charge in [0.25, 0.3) is 0 Å². The second-order valence-electron chi connectivity index (χ2n) is 4.47. The van der Waals surface area contributed by atoms with Gasteiger partial charge in [0, 0.05) is 25.1 Å². The molecule has 0 aromatic heterocycles. The smallest absolute Gasteiger partial charge is 0.161 e. The molecule has 4 heteroatoms. The zero-order chi connectivity index (χ0) is 13.1. The van der Waals surface area contributed by atoms with Crippen LogP contribution in [0.1, 0.15) is 12.0 Å². The van der Waals surface area contributed by atoms with Gasteiger partial charge in [0.2, 0.25) is 0 Å². The summed E-state index contributed by atoms with van der Waals surface area (Å²) in [5, 5.41) is 0. The molecule has 1 aromatic carbocycles. The van der Waals surface area contributed by atoms with Crippen molar-refractivity contribution in [3.05, 3.63) is 33.8 Å². The highest BCUT2D eigenvalue weighted by molar-refractivity contribution is 9.10. The van der Waals surface area contributed by atoms with Crippen LogP contribution in [0, 0.1) is 0 Å². The first-order chi connectivity index (χ1) is 8.60. The molecule has 3 nitrogen and oxygen atoms in total. The van der Waals surface area contributed by atoms with E-state index in [1.165, 1.54) is 0 Å². The number of nitrogens with zero attached hydrogens (tertiary/aromatic N) is 1. The van der Waals surface area contributed by atoms with Gasteiger partial charge in [-0.25, -0.2) is 0 Å². The molecule has 0 spiro atoms. The number of rotatable bonds is 2. The lowest BCUT2D eigenvalue weighted by atomic mass is 10.0. The Morgan fingerprint density at radius 1 is 1.44 bits per heavy atom. The third-order valence-electron chi connectivity index (χ3n) is 3.04. The summed E-state index contributed by atoms with van der Waals surface area (Å²) in [5.41, 5.74) is 1.89. The molecule has 1 aliphatic heterocycles. The van der Waals surface area contributed by atoms with E-state index in [-0.39, 0.29) is 5.78 Å². The average molecular weight is 310 g/mol. The van der Waals surface area contributed by atoms with E-state index in [2.05, 4.69) is 20.8 Å². The van der Waals surface area contributed by atoms with Gasteiger partial charge in [-0.05, 0) is 46.7 Å². The number of hydrogen-bond donors (Lipinski definition) is 0. The Balaban J connectivity index is 2.26. The fraction of sp³-hybridized carbons (Fsp3) is 0.357. The van der Waals surface area contributed by atoms with Crippen molar-refractivity contribution < 1.29 is 9.53 Å². The first-order valence-corrected chi connectivity index (χ1v) is 6.65. The predicted octanol–water partition coefficient (Wildman–Crippen LogP) is 2.75. The highest BCUT2D eigenvalue weighted by atomic mass is 79.9. The Morgan fingerprint density at radius 3 is 2.89 bits per heavy atom. The Labute approximate surface area is 116 Å². The molecule has 0 unspecified atom stereocenters. The molecule has 18 heavy (non-hydrogen) atoms. The van der Waals surface area contributed by atoms with Crippen molar-refractivity contribution in [3.8, 4) is 5.75 Å². The van der Waals surface area contributed by atoms with Crippen LogP contribution in [0.4, 0.5) is 0 Å². The van der Waals surface area contributed by atoms with Crippen LogP contribution in [0.2, 0.25) is 0 Å². The highest BCUT2D eigenvalue weighted by Gasteiger charge is 2.18. The number of piperidine rings is 1. The molecular weight excluding hydrogens is 294 g/mol. The van der Waals surface area contributed by atoms with E-state index in [9.17, 15) is 4.79 Å². The van der Waals surface area contributed by atoms with Crippen LogP contribution >= 0.6 is 15.9 Å². The minimum absolute atomic E-state index is 0.250. The van der Waals surface area contributed by atoms with Gasteiger partial charge in [-0.1, -0.05) is 6.07 Å². The van der Waals surface area contributed by atoms with E-state index >= 15 is 0 Å². The highest BCUT2D eigenvalue weighted by Crippen LogP contribution is 2.27. The first-order valence-electron chi connectivity index (χ1n) is 5.86. The van der Waals surface area contributed by atoms with Crippen molar-refractivity contribution in [2.75, 3.05) is 27.2 Å². The largest absolute Gasteiger partial charge is 0.496 e. The SMILES string of the molecule is COc1ccc(/C=C2\CN(C)CCC2=O)cc1Br. The number of Topliss-reactive ketones (excluding diaryl/α,β-unsaturated/α-hetero) is 1. The fourth-order valence-electron chi connectivity index (χ4n) is 2.01. The van der Waals surface area contributed by atoms with Crippen LogP contribution in [0.5, 0.6) is 5.75 Å². The van der Waals surface area contributed by atoms with Crippen molar-refractivity contribution in [2.45, 2.75) is 6.42 Å². The first kappa shape index (κ1) is 13.3. The van der Waals surface area contributed by atoms with E-state index < -0.39 is 0 Å². The van der Waals surface area contributed by atoms with Crippen LogP contribution in [0.15, 0.2) is 28.2 Å². The van der Waals surface area contributed by atoms with Gasteiger partial charge >= 0.3 is 0 Å². The molecule has 0 saturated carbocycles. The average Bonchev–Trinajstić information content (AvgIpc) is 2.34. The van der Waals surface area contributed by atoms with Gasteiger partial charge in [-0.15, -0.1) is 0 Å². The predicted molar refractivity (Wildman–Crippen MR) is 75.8 cm³/mol. The van der Waals surface area contributed by atoms with Gasteiger partial charge in [0.15, 0.2) is 5.78 Å². The molecule has 1 fully saturated rings. The Kier molecular flexibility index (Phi) is 4.19. The number of ketones is 1. The lowest BCUT2D eigenvalue weighted by Gasteiger charge is -2.23. The lowest BCUT2D eigenvalue weighted by Crippen LogP contribution is -2.32. The molecule has 1 aliphatic rings. The van der Waals surface area contributed by atoms with Crippen molar-refractivity contribution in [3.63, 3.8) is 0 Å². The number of likely N-dealkylation sites (N-methyl/N-ethyl adjacent to an activating group) is 1. The minimum Gasteiger partial charge on any atom is -0.496 e. The molecule has 1 aromatic rings. The summed E-state index contributed by atoms with van der Waals surface area (Å²) < 4.78 is 6.08. The van der Waals surface area contributed by atoms with E-state index in [1.807, 2.05) is 31.3 Å². The zero-order valence-electron chi connectivity index (χ0n) is 10.6. The molecule has 0 atom stereocenters. The molecule has 0 amide bonds. The van der Waals surface area contributed by atoms with Gasteiger partial charge in [0.05, 0.1) is 11.6 Å². The normalized spacial score (nSPS) is 19.3. The van der Waals surface area contributed by atoms with Gasteiger partial charge in [-0.2, -0.15) is 0 Å². The van der Waals surface area contributed by atoms with Gasteiger partial charge in [0.1, 0.15) is 5.75 Å². The van der Waals surface area contributed by atoms with Gasteiger partial charge in [-0.3, -0.25) is 4.79 Å². The van der Waals surface area contributed by atoms with Crippen LogP contribution < -0.4 is 4.74 Å². The molecule has 0 N–H and O–H groups in total. The molecule has 2 rings (SSSR count). The minimum atomic E-state index is 0.250. The number of methoxy groups -OCH3 is 1. The molecule has 1 heterocycles. The molecule has 96 valence electrons. The van der Waals surface area contributed by atoms with E-state index in [0.717, 1.165) is 34.4 Å². The summed E-state index contributed by atoms with van der Waals surface area (Å²) in [7, 11) is 3.67. The number of likely N-dealkylation sites (tertiary alicyclic amines) is 1. The monoisotopic (exact) mass is 309 g/mol. The third-order valence-corrected chi connectivity index (χ3v) is 3.66. The Bertz CT molecular complexity index is 497. The van der Waals surface area contributed by atoms with Crippen LogP contribution in [-0.2, 0) is 4.79 Å². The van der Waals surface area contributed by atoms with Crippen molar-refractivity contribution in [1.82, 2.24) is 4.90 Å². The number of carbonyl (C=O) groups excluding carboxylic acids is 1. The summed E-state index contributed by atoms with van der Waals surface area (Å²) in [4.78, 5) is 14.0. The standard InChI is InChI=1S/C14H16BrNO2/c1-16-6-5-13(17)11(9-16)7-10-3-4-14(18-2)12(15)8-10/h3-4,7-8H,5-6,9H2,1-2H3/b11-7+. The second-order valence-corrected chi connectivity index (χ2v) is 5.33. The maximum absolute atomic E-state index is 11.8. The molecule has 0 aliphatic carbocycles. The lowest BCUT2D eigenvalue weighted by molar-refractivity contribution is -0.117. The summed E-state index contributed by atoms with van der Waals surface area (Å²) >= 11 is 3.45. The molecule has 0 bridgehead atoms. The quantitative estimate of drug-likeness (QED) is 0.787. The maximum atomic E-state index is 11.8. The van der Waals surface area contributed by atoms with E-state index in [1.54, 1.807) is 7.11 Å². The Morgan fingerprint density at radius 2 is 2.22 bits per heavy atom. The van der Waals surface area contributed by atoms with E-state index in [4.69, 9.17) is 4.74 Å². The summed E-state index contributed by atoms with van der Waals surface area (Å²) in [6, 6.07) is 5.82. The molecule has 0 radical (unpaired) electrons. The number of ether oxygens (including phenoxy) is 1. The van der Waals surface area contributed by atoms with Gasteiger partial charge < -0.3 is 9.64 Å². The Hall–Kier alpha value is -1.13. The molecule has 1 saturated heterocycles. The number of carbonyl (C=O) groups is 1. The van der Waals surface area contributed by atoms with Crippen LogP contribution in [0.25, 0.3) is 6.08 Å². The summed E-state index contributed by atoms with van der Waals surface area (Å²) in [6.07, 6.45) is 2.57.